The molecule has 0 radical (unpaired) electrons. The second-order valence-electron chi connectivity index (χ2n) is 5.15. The Labute approximate surface area is 102 Å². The van der Waals surface area contributed by atoms with Crippen molar-refractivity contribution in [2.45, 2.75) is 52.7 Å². The Hall–Kier alpha value is -1.46. The van der Waals surface area contributed by atoms with E-state index < -0.39 is 23.5 Å². The summed E-state index contributed by atoms with van der Waals surface area (Å²) in [5.41, 5.74) is -1.03. The molecular formula is C11H22O6. The highest BCUT2D eigenvalue weighted by Gasteiger charge is 2.15. The predicted octanol–water partition coefficient (Wildman–Crippen LogP) is 3.05. The van der Waals surface area contributed by atoms with Gasteiger partial charge in [-0.1, -0.05) is 0 Å². The SMILES string of the molecule is CC(C)(C)OC(=O)O.COC(=O)OC(C)(C)C. The number of hydrogen-bond donors (Lipinski definition) is 1. The summed E-state index contributed by atoms with van der Waals surface area (Å²) in [4.78, 5) is 20.2. The number of carbonyl (C=O) groups is 2. The van der Waals surface area contributed by atoms with Crippen molar-refractivity contribution >= 4 is 12.3 Å². The van der Waals surface area contributed by atoms with Gasteiger partial charge in [0.2, 0.25) is 0 Å². The molecule has 0 aliphatic heterocycles. The van der Waals surface area contributed by atoms with Crippen LogP contribution in [0.2, 0.25) is 0 Å². The first-order valence-electron chi connectivity index (χ1n) is 5.06. The molecule has 0 amide bonds. The fraction of sp³-hybridized carbons (Fsp3) is 0.818. The molecule has 17 heavy (non-hydrogen) atoms. The molecule has 0 aromatic heterocycles. The van der Waals surface area contributed by atoms with E-state index in [9.17, 15) is 9.59 Å². The van der Waals surface area contributed by atoms with Crippen LogP contribution in [-0.2, 0) is 14.2 Å². The number of carbonyl (C=O) groups excluding carboxylic acids is 1. The van der Waals surface area contributed by atoms with Gasteiger partial charge < -0.3 is 19.3 Å². The minimum Gasteiger partial charge on any atom is -0.450 e. The lowest BCUT2D eigenvalue weighted by molar-refractivity contribution is 0.00326. The first kappa shape index (κ1) is 17.9. The normalized spacial score (nSPS) is 10.8. The summed E-state index contributed by atoms with van der Waals surface area (Å²) >= 11 is 0. The van der Waals surface area contributed by atoms with Crippen molar-refractivity contribution in [1.82, 2.24) is 0 Å². The molecule has 0 aliphatic rings. The van der Waals surface area contributed by atoms with E-state index in [1.807, 2.05) is 0 Å². The Morgan fingerprint density at radius 3 is 1.29 bits per heavy atom. The molecule has 0 saturated heterocycles. The summed E-state index contributed by atoms with van der Waals surface area (Å²) in [6.07, 6.45) is -1.86. The molecular weight excluding hydrogens is 228 g/mol. The monoisotopic (exact) mass is 250 g/mol. The standard InChI is InChI=1S/C6H12O3.C5H10O3/c1-6(2,3)9-5(7)8-4;1-5(2,3)8-4(6)7/h1-4H3;1-3H3,(H,6,7). The first-order valence-corrected chi connectivity index (χ1v) is 5.06. The number of methoxy groups -OCH3 is 1. The van der Waals surface area contributed by atoms with E-state index in [4.69, 9.17) is 9.84 Å². The van der Waals surface area contributed by atoms with Crippen LogP contribution in [0.15, 0.2) is 0 Å². The quantitative estimate of drug-likeness (QED) is 0.665. The zero-order chi connectivity index (χ0) is 14.3. The lowest BCUT2D eigenvalue weighted by Gasteiger charge is -2.17. The summed E-state index contributed by atoms with van der Waals surface area (Å²) in [6.45, 7) is 10.4. The number of hydrogen-bond acceptors (Lipinski definition) is 5. The molecule has 0 spiro atoms. The molecule has 6 nitrogen and oxygen atoms in total. The molecule has 0 heterocycles. The average Bonchev–Trinajstić information content (AvgIpc) is 1.96. The van der Waals surface area contributed by atoms with Crippen LogP contribution in [0.1, 0.15) is 41.5 Å². The maximum Gasteiger partial charge on any atom is 0.508 e. The number of ether oxygens (including phenoxy) is 3. The van der Waals surface area contributed by atoms with Crippen molar-refractivity contribution in [3.8, 4) is 0 Å². The van der Waals surface area contributed by atoms with Crippen LogP contribution in [0.25, 0.3) is 0 Å². The van der Waals surface area contributed by atoms with Gasteiger partial charge in [-0.05, 0) is 41.5 Å². The summed E-state index contributed by atoms with van der Waals surface area (Å²) in [6, 6.07) is 0. The summed E-state index contributed by atoms with van der Waals surface area (Å²) in [7, 11) is 1.29. The highest BCUT2D eigenvalue weighted by atomic mass is 16.7. The molecule has 0 rings (SSSR count). The fourth-order valence-electron chi connectivity index (χ4n) is 0.554. The van der Waals surface area contributed by atoms with Gasteiger partial charge in [0.25, 0.3) is 0 Å². The van der Waals surface area contributed by atoms with Gasteiger partial charge in [-0.3, -0.25) is 0 Å². The van der Waals surface area contributed by atoms with Gasteiger partial charge in [-0.25, -0.2) is 9.59 Å². The number of rotatable bonds is 0. The highest BCUT2D eigenvalue weighted by molar-refractivity contribution is 5.60. The zero-order valence-corrected chi connectivity index (χ0v) is 11.5. The molecule has 0 bridgehead atoms. The van der Waals surface area contributed by atoms with Crippen molar-refractivity contribution in [2.24, 2.45) is 0 Å². The third kappa shape index (κ3) is 20.6. The van der Waals surface area contributed by atoms with Crippen LogP contribution in [-0.4, -0.2) is 35.7 Å². The van der Waals surface area contributed by atoms with E-state index in [1.54, 1.807) is 41.5 Å². The third-order valence-electron chi connectivity index (χ3n) is 0.950. The van der Waals surface area contributed by atoms with Crippen LogP contribution in [0.5, 0.6) is 0 Å². The van der Waals surface area contributed by atoms with E-state index >= 15 is 0 Å². The van der Waals surface area contributed by atoms with E-state index in [0.29, 0.717) is 0 Å². The first-order chi connectivity index (χ1) is 7.37. The van der Waals surface area contributed by atoms with Crippen LogP contribution >= 0.6 is 0 Å². The maximum absolute atomic E-state index is 10.4. The molecule has 0 aromatic carbocycles. The van der Waals surface area contributed by atoms with Crippen molar-refractivity contribution in [3.05, 3.63) is 0 Å². The van der Waals surface area contributed by atoms with Gasteiger partial charge in [0.05, 0.1) is 7.11 Å². The Bertz CT molecular complexity index is 246. The van der Waals surface area contributed by atoms with Gasteiger partial charge in [0.15, 0.2) is 0 Å². The Balaban J connectivity index is 0. The Kier molecular flexibility index (Phi) is 7.36. The lowest BCUT2D eigenvalue weighted by Crippen LogP contribution is -2.23. The highest BCUT2D eigenvalue weighted by Crippen LogP contribution is 2.07. The summed E-state index contributed by atoms with van der Waals surface area (Å²) in [5, 5.41) is 8.03. The topological polar surface area (TPSA) is 82.1 Å². The Morgan fingerprint density at radius 2 is 1.24 bits per heavy atom. The van der Waals surface area contributed by atoms with Gasteiger partial charge in [0, 0.05) is 0 Å². The molecule has 0 unspecified atom stereocenters. The van der Waals surface area contributed by atoms with E-state index in [0.717, 1.165) is 0 Å². The summed E-state index contributed by atoms with van der Waals surface area (Å²) < 4.78 is 13.3. The molecule has 0 atom stereocenters. The van der Waals surface area contributed by atoms with Gasteiger partial charge >= 0.3 is 12.3 Å². The molecule has 102 valence electrons. The zero-order valence-electron chi connectivity index (χ0n) is 11.5. The van der Waals surface area contributed by atoms with E-state index in [-0.39, 0.29) is 0 Å². The summed E-state index contributed by atoms with van der Waals surface area (Å²) in [5.74, 6) is 0. The van der Waals surface area contributed by atoms with Crippen LogP contribution in [0, 0.1) is 0 Å². The maximum atomic E-state index is 10.4. The minimum atomic E-state index is -1.22. The predicted molar refractivity (Wildman–Crippen MR) is 62.1 cm³/mol. The smallest absolute Gasteiger partial charge is 0.450 e. The van der Waals surface area contributed by atoms with E-state index in [2.05, 4.69) is 9.47 Å². The fourth-order valence-corrected chi connectivity index (χ4v) is 0.554. The minimum absolute atomic E-state index is 0.451. The van der Waals surface area contributed by atoms with Crippen LogP contribution in [0.3, 0.4) is 0 Å². The van der Waals surface area contributed by atoms with Crippen LogP contribution in [0.4, 0.5) is 9.59 Å². The largest absolute Gasteiger partial charge is 0.508 e. The molecule has 0 aromatic rings. The van der Waals surface area contributed by atoms with Crippen LogP contribution < -0.4 is 0 Å². The van der Waals surface area contributed by atoms with E-state index in [1.165, 1.54) is 7.11 Å². The molecule has 0 fully saturated rings. The van der Waals surface area contributed by atoms with Gasteiger partial charge in [-0.2, -0.15) is 0 Å². The van der Waals surface area contributed by atoms with Gasteiger partial charge in [0.1, 0.15) is 11.2 Å². The van der Waals surface area contributed by atoms with Gasteiger partial charge in [-0.15, -0.1) is 0 Å². The van der Waals surface area contributed by atoms with Crippen molar-refractivity contribution < 1.29 is 28.9 Å². The second kappa shape index (κ2) is 6.98. The van der Waals surface area contributed by atoms with Crippen molar-refractivity contribution in [2.75, 3.05) is 7.11 Å². The Morgan fingerprint density at radius 1 is 0.882 bits per heavy atom. The molecule has 1 N–H and O–H groups in total. The average molecular weight is 250 g/mol. The van der Waals surface area contributed by atoms with Crippen molar-refractivity contribution in [1.29, 1.82) is 0 Å². The molecule has 0 aliphatic carbocycles. The molecule has 6 heteroatoms. The number of carboxylic acid groups (broad SMARTS) is 1. The second-order valence-corrected chi connectivity index (χ2v) is 5.15. The third-order valence-corrected chi connectivity index (χ3v) is 0.950. The lowest BCUT2D eigenvalue weighted by atomic mass is 10.2. The van der Waals surface area contributed by atoms with Crippen molar-refractivity contribution in [3.63, 3.8) is 0 Å². The molecule has 0 saturated carbocycles.